The van der Waals surface area contributed by atoms with Crippen molar-refractivity contribution in [1.82, 2.24) is 4.90 Å². The number of aliphatic hydroxyl groups excluding tert-OH is 1. The van der Waals surface area contributed by atoms with E-state index >= 15 is 0 Å². The quantitative estimate of drug-likeness (QED) is 0.658. The maximum atomic E-state index is 9.08. The van der Waals surface area contributed by atoms with Crippen LogP contribution in [0.3, 0.4) is 0 Å². The summed E-state index contributed by atoms with van der Waals surface area (Å²) in [4.78, 5) is 2.44. The van der Waals surface area contributed by atoms with E-state index in [1.807, 2.05) is 13.8 Å². The van der Waals surface area contributed by atoms with Crippen molar-refractivity contribution in [2.24, 2.45) is 5.92 Å². The fraction of sp³-hybridized carbons (Fsp3) is 1.00. The van der Waals surface area contributed by atoms with E-state index in [0.29, 0.717) is 25.7 Å². The number of hydrogen-bond acceptors (Lipinski definition) is 4. The van der Waals surface area contributed by atoms with E-state index in [4.69, 9.17) is 14.6 Å². The Hall–Kier alpha value is -0.160. The zero-order valence-corrected chi connectivity index (χ0v) is 11.2. The SMILES string of the molecule is CCOC(CCN1CCC(CO)CC1)OCC. The second kappa shape index (κ2) is 8.86. The van der Waals surface area contributed by atoms with Crippen LogP contribution in [0.25, 0.3) is 0 Å². The minimum Gasteiger partial charge on any atom is -0.396 e. The van der Waals surface area contributed by atoms with Gasteiger partial charge in [0.05, 0.1) is 0 Å². The van der Waals surface area contributed by atoms with Gasteiger partial charge in [-0.3, -0.25) is 0 Å². The first-order valence-corrected chi connectivity index (χ1v) is 6.86. The first kappa shape index (κ1) is 14.9. The standard InChI is InChI=1S/C13H27NO3/c1-3-16-13(17-4-2)7-10-14-8-5-12(11-15)6-9-14/h12-13,15H,3-11H2,1-2H3. The number of aliphatic hydroxyl groups is 1. The summed E-state index contributed by atoms with van der Waals surface area (Å²) in [6.07, 6.45) is 3.11. The van der Waals surface area contributed by atoms with Crippen LogP contribution in [0.4, 0.5) is 0 Å². The van der Waals surface area contributed by atoms with Gasteiger partial charge in [-0.15, -0.1) is 0 Å². The Balaban J connectivity index is 2.16. The minimum absolute atomic E-state index is 0.0550. The summed E-state index contributed by atoms with van der Waals surface area (Å²) < 4.78 is 11.1. The molecule has 0 amide bonds. The zero-order chi connectivity index (χ0) is 12.5. The average molecular weight is 245 g/mol. The number of nitrogens with zero attached hydrogens (tertiary/aromatic N) is 1. The molecule has 0 atom stereocenters. The van der Waals surface area contributed by atoms with E-state index in [-0.39, 0.29) is 6.29 Å². The highest BCUT2D eigenvalue weighted by atomic mass is 16.7. The summed E-state index contributed by atoms with van der Waals surface area (Å²) >= 11 is 0. The molecule has 0 aromatic carbocycles. The number of ether oxygens (including phenoxy) is 2. The van der Waals surface area contributed by atoms with E-state index in [1.54, 1.807) is 0 Å². The molecule has 0 aliphatic carbocycles. The smallest absolute Gasteiger partial charge is 0.158 e. The van der Waals surface area contributed by atoms with E-state index in [9.17, 15) is 0 Å². The summed E-state index contributed by atoms with van der Waals surface area (Å²) in [7, 11) is 0. The van der Waals surface area contributed by atoms with Crippen LogP contribution in [0.2, 0.25) is 0 Å². The predicted octanol–water partition coefficient (Wildman–Crippen LogP) is 1.48. The van der Waals surface area contributed by atoms with Gasteiger partial charge in [-0.2, -0.15) is 0 Å². The lowest BCUT2D eigenvalue weighted by Gasteiger charge is -2.31. The van der Waals surface area contributed by atoms with Gasteiger partial charge in [0.25, 0.3) is 0 Å². The zero-order valence-electron chi connectivity index (χ0n) is 11.2. The van der Waals surface area contributed by atoms with E-state index in [2.05, 4.69) is 4.90 Å². The van der Waals surface area contributed by atoms with Gasteiger partial charge in [0.2, 0.25) is 0 Å². The third-order valence-electron chi connectivity index (χ3n) is 3.35. The second-order valence-corrected chi connectivity index (χ2v) is 4.60. The molecular formula is C13H27NO3. The van der Waals surface area contributed by atoms with E-state index in [0.717, 1.165) is 38.9 Å². The Labute approximate surface area is 105 Å². The van der Waals surface area contributed by atoms with Crippen molar-refractivity contribution in [3.63, 3.8) is 0 Å². The Morgan fingerprint density at radius 2 is 1.76 bits per heavy atom. The van der Waals surface area contributed by atoms with E-state index in [1.165, 1.54) is 0 Å². The molecule has 0 unspecified atom stereocenters. The molecule has 0 spiro atoms. The highest BCUT2D eigenvalue weighted by Gasteiger charge is 2.19. The molecule has 0 bridgehead atoms. The molecule has 1 fully saturated rings. The van der Waals surface area contributed by atoms with Crippen LogP contribution >= 0.6 is 0 Å². The fourth-order valence-electron chi connectivity index (χ4n) is 2.27. The number of piperidine rings is 1. The predicted molar refractivity (Wildman–Crippen MR) is 67.9 cm³/mol. The molecule has 1 aliphatic rings. The third-order valence-corrected chi connectivity index (χ3v) is 3.35. The van der Waals surface area contributed by atoms with Crippen molar-refractivity contribution in [3.05, 3.63) is 0 Å². The third kappa shape index (κ3) is 5.82. The van der Waals surface area contributed by atoms with Gasteiger partial charge in [0.15, 0.2) is 6.29 Å². The van der Waals surface area contributed by atoms with Gasteiger partial charge in [0.1, 0.15) is 0 Å². The molecule has 1 N–H and O–H groups in total. The van der Waals surface area contributed by atoms with Crippen molar-refractivity contribution in [3.8, 4) is 0 Å². The fourth-order valence-corrected chi connectivity index (χ4v) is 2.27. The lowest BCUT2D eigenvalue weighted by Crippen LogP contribution is -2.37. The van der Waals surface area contributed by atoms with Crippen LogP contribution in [-0.4, -0.2) is 55.8 Å². The van der Waals surface area contributed by atoms with E-state index < -0.39 is 0 Å². The molecule has 0 aromatic heterocycles. The molecule has 17 heavy (non-hydrogen) atoms. The highest BCUT2D eigenvalue weighted by Crippen LogP contribution is 2.17. The maximum absolute atomic E-state index is 9.08. The monoisotopic (exact) mass is 245 g/mol. The molecule has 1 aliphatic heterocycles. The summed E-state index contributed by atoms with van der Waals surface area (Å²) in [5.74, 6) is 0.515. The lowest BCUT2D eigenvalue weighted by atomic mass is 9.98. The van der Waals surface area contributed by atoms with Gasteiger partial charge in [-0.05, 0) is 45.7 Å². The second-order valence-electron chi connectivity index (χ2n) is 4.60. The Bertz CT molecular complexity index is 176. The molecule has 0 saturated carbocycles. The van der Waals surface area contributed by atoms with Crippen molar-refractivity contribution < 1.29 is 14.6 Å². The Morgan fingerprint density at radius 1 is 1.18 bits per heavy atom. The summed E-state index contributed by atoms with van der Waals surface area (Å²) in [5, 5.41) is 9.08. The molecule has 1 saturated heterocycles. The van der Waals surface area contributed by atoms with Crippen LogP contribution in [0.1, 0.15) is 33.1 Å². The van der Waals surface area contributed by atoms with Crippen LogP contribution in [-0.2, 0) is 9.47 Å². The van der Waals surface area contributed by atoms with Crippen LogP contribution in [0.5, 0.6) is 0 Å². The topological polar surface area (TPSA) is 41.9 Å². The highest BCUT2D eigenvalue weighted by molar-refractivity contribution is 4.71. The first-order chi connectivity index (χ1) is 8.30. The maximum Gasteiger partial charge on any atom is 0.158 e. The molecule has 4 nitrogen and oxygen atoms in total. The average Bonchev–Trinajstić information content (AvgIpc) is 2.37. The van der Waals surface area contributed by atoms with Crippen molar-refractivity contribution in [2.75, 3.05) is 39.5 Å². The van der Waals surface area contributed by atoms with Crippen LogP contribution in [0, 0.1) is 5.92 Å². The van der Waals surface area contributed by atoms with Crippen molar-refractivity contribution in [2.45, 2.75) is 39.4 Å². The molecule has 1 heterocycles. The molecular weight excluding hydrogens is 218 g/mol. The number of rotatable bonds is 8. The van der Waals surface area contributed by atoms with Crippen molar-refractivity contribution >= 4 is 0 Å². The molecule has 1 rings (SSSR count). The largest absolute Gasteiger partial charge is 0.396 e. The van der Waals surface area contributed by atoms with Gasteiger partial charge >= 0.3 is 0 Å². The normalized spacial score (nSPS) is 19.1. The lowest BCUT2D eigenvalue weighted by molar-refractivity contribution is -0.142. The van der Waals surface area contributed by atoms with Crippen molar-refractivity contribution in [1.29, 1.82) is 0 Å². The van der Waals surface area contributed by atoms with Crippen LogP contribution < -0.4 is 0 Å². The molecule has 0 aromatic rings. The molecule has 102 valence electrons. The molecule has 0 radical (unpaired) electrons. The number of likely N-dealkylation sites (tertiary alicyclic amines) is 1. The van der Waals surface area contributed by atoms with Gasteiger partial charge in [-0.25, -0.2) is 0 Å². The van der Waals surface area contributed by atoms with Gasteiger partial charge in [-0.1, -0.05) is 0 Å². The summed E-state index contributed by atoms with van der Waals surface area (Å²) in [6.45, 7) is 8.97. The van der Waals surface area contributed by atoms with Crippen LogP contribution in [0.15, 0.2) is 0 Å². The summed E-state index contributed by atoms with van der Waals surface area (Å²) in [5.41, 5.74) is 0. The summed E-state index contributed by atoms with van der Waals surface area (Å²) in [6, 6.07) is 0. The minimum atomic E-state index is -0.0550. The Morgan fingerprint density at radius 3 is 2.24 bits per heavy atom. The van der Waals surface area contributed by atoms with Gasteiger partial charge in [0, 0.05) is 32.8 Å². The Kier molecular flexibility index (Phi) is 7.77. The first-order valence-electron chi connectivity index (χ1n) is 6.86. The van der Waals surface area contributed by atoms with Gasteiger partial charge < -0.3 is 19.5 Å². The molecule has 4 heteroatoms. The number of hydrogen-bond donors (Lipinski definition) is 1.